The van der Waals surface area contributed by atoms with Crippen LogP contribution in [-0.2, 0) is 0 Å². The number of fused-ring (bicyclic) bond motifs is 1. The van der Waals surface area contributed by atoms with Crippen molar-refractivity contribution in [3.8, 4) is 5.75 Å². The summed E-state index contributed by atoms with van der Waals surface area (Å²) in [5.41, 5.74) is 0.979. The van der Waals surface area contributed by atoms with E-state index >= 15 is 0 Å². The third-order valence-corrected chi connectivity index (χ3v) is 4.17. The van der Waals surface area contributed by atoms with Crippen molar-refractivity contribution in [2.75, 3.05) is 37.7 Å². The van der Waals surface area contributed by atoms with Crippen LogP contribution in [0.1, 0.15) is 19.8 Å². The van der Waals surface area contributed by atoms with Crippen LogP contribution in [0.4, 0.5) is 10.1 Å². The highest BCUT2D eigenvalue weighted by Crippen LogP contribution is 2.28. The molecule has 1 atom stereocenters. The maximum absolute atomic E-state index is 13.9. The molecule has 0 saturated carbocycles. The van der Waals surface area contributed by atoms with E-state index in [2.05, 4.69) is 9.80 Å². The van der Waals surface area contributed by atoms with Crippen LogP contribution in [0.2, 0.25) is 0 Å². The van der Waals surface area contributed by atoms with Crippen molar-refractivity contribution in [2.24, 2.45) is 0 Å². The van der Waals surface area contributed by atoms with E-state index in [0.717, 1.165) is 25.3 Å². The zero-order valence-electron chi connectivity index (χ0n) is 11.4. The van der Waals surface area contributed by atoms with Gasteiger partial charge in [0.2, 0.25) is 0 Å². The fourth-order valence-electron chi connectivity index (χ4n) is 3.18. The standard InChI is InChI=1S/C15H21FN2O/c1-2-19-15-6-5-12(10-14(15)16)18-9-8-17-7-3-4-13(17)11-18/h5-6,10,13H,2-4,7-9,11H2,1H3. The lowest BCUT2D eigenvalue weighted by Gasteiger charge is -2.38. The molecule has 3 nitrogen and oxygen atoms in total. The van der Waals surface area contributed by atoms with Gasteiger partial charge in [-0.1, -0.05) is 0 Å². The molecule has 2 aliphatic rings. The first-order valence-corrected chi connectivity index (χ1v) is 7.19. The molecule has 19 heavy (non-hydrogen) atoms. The molecule has 1 aromatic rings. The predicted octanol–water partition coefficient (Wildman–Crippen LogP) is 2.51. The van der Waals surface area contributed by atoms with Crippen molar-refractivity contribution in [3.63, 3.8) is 0 Å². The average Bonchev–Trinajstić information content (AvgIpc) is 2.88. The molecule has 0 spiro atoms. The Morgan fingerprint density at radius 3 is 3.00 bits per heavy atom. The third-order valence-electron chi connectivity index (χ3n) is 4.17. The summed E-state index contributed by atoms with van der Waals surface area (Å²) in [4.78, 5) is 4.85. The van der Waals surface area contributed by atoms with Gasteiger partial charge in [-0.15, -0.1) is 0 Å². The smallest absolute Gasteiger partial charge is 0.167 e. The van der Waals surface area contributed by atoms with Gasteiger partial charge in [-0.25, -0.2) is 4.39 Å². The lowest BCUT2D eigenvalue weighted by atomic mass is 10.1. The zero-order valence-corrected chi connectivity index (χ0v) is 11.4. The number of hydrogen-bond donors (Lipinski definition) is 0. The Bertz CT molecular complexity index is 452. The highest BCUT2D eigenvalue weighted by atomic mass is 19.1. The Kier molecular flexibility index (Phi) is 3.60. The summed E-state index contributed by atoms with van der Waals surface area (Å²) in [7, 11) is 0. The Labute approximate surface area is 114 Å². The molecule has 2 saturated heterocycles. The largest absolute Gasteiger partial charge is 0.491 e. The summed E-state index contributed by atoms with van der Waals surface area (Å²) in [6.07, 6.45) is 2.58. The minimum Gasteiger partial charge on any atom is -0.491 e. The van der Waals surface area contributed by atoms with Gasteiger partial charge in [-0.2, -0.15) is 0 Å². The van der Waals surface area contributed by atoms with Crippen LogP contribution in [0.3, 0.4) is 0 Å². The van der Waals surface area contributed by atoms with E-state index in [4.69, 9.17) is 4.74 Å². The van der Waals surface area contributed by atoms with Crippen molar-refractivity contribution in [1.82, 2.24) is 4.90 Å². The number of anilines is 1. The van der Waals surface area contributed by atoms with E-state index in [9.17, 15) is 4.39 Å². The van der Waals surface area contributed by atoms with Crippen molar-refractivity contribution in [3.05, 3.63) is 24.0 Å². The second-order valence-corrected chi connectivity index (χ2v) is 5.33. The molecular weight excluding hydrogens is 243 g/mol. The highest BCUT2D eigenvalue weighted by Gasteiger charge is 2.30. The van der Waals surface area contributed by atoms with Crippen molar-refractivity contribution < 1.29 is 9.13 Å². The van der Waals surface area contributed by atoms with Gasteiger partial charge in [0.25, 0.3) is 0 Å². The van der Waals surface area contributed by atoms with E-state index < -0.39 is 0 Å². The van der Waals surface area contributed by atoms with Crippen LogP contribution < -0.4 is 9.64 Å². The molecule has 2 aliphatic heterocycles. The van der Waals surface area contributed by atoms with Gasteiger partial charge in [0, 0.05) is 37.4 Å². The predicted molar refractivity (Wildman–Crippen MR) is 74.4 cm³/mol. The Morgan fingerprint density at radius 1 is 1.32 bits per heavy atom. The maximum atomic E-state index is 13.9. The fraction of sp³-hybridized carbons (Fsp3) is 0.600. The average molecular weight is 264 g/mol. The summed E-state index contributed by atoms with van der Waals surface area (Å²) in [6.45, 7) is 6.71. The van der Waals surface area contributed by atoms with Gasteiger partial charge in [0.15, 0.2) is 11.6 Å². The van der Waals surface area contributed by atoms with Gasteiger partial charge >= 0.3 is 0 Å². The van der Waals surface area contributed by atoms with Gasteiger partial charge in [-0.3, -0.25) is 4.90 Å². The van der Waals surface area contributed by atoms with E-state index in [1.165, 1.54) is 19.4 Å². The summed E-state index contributed by atoms with van der Waals surface area (Å²) in [6, 6.07) is 5.98. The molecule has 0 bridgehead atoms. The highest BCUT2D eigenvalue weighted by molar-refractivity contribution is 5.50. The molecule has 1 aromatic carbocycles. The molecule has 0 amide bonds. The topological polar surface area (TPSA) is 15.7 Å². The van der Waals surface area contributed by atoms with Crippen LogP contribution >= 0.6 is 0 Å². The van der Waals surface area contributed by atoms with Crippen molar-refractivity contribution in [1.29, 1.82) is 0 Å². The molecule has 2 heterocycles. The SMILES string of the molecule is CCOc1ccc(N2CCN3CCCC3C2)cc1F. The summed E-state index contributed by atoms with van der Waals surface area (Å²) in [5.74, 6) is 0.0963. The molecule has 4 heteroatoms. The first kappa shape index (κ1) is 12.7. The zero-order chi connectivity index (χ0) is 13.2. The van der Waals surface area contributed by atoms with Crippen LogP contribution in [0.5, 0.6) is 5.75 Å². The molecule has 0 aromatic heterocycles. The Hall–Kier alpha value is -1.29. The molecular formula is C15H21FN2O. The third kappa shape index (κ3) is 2.54. The molecule has 2 fully saturated rings. The van der Waals surface area contributed by atoms with E-state index in [1.807, 2.05) is 13.0 Å². The van der Waals surface area contributed by atoms with Crippen molar-refractivity contribution >= 4 is 5.69 Å². The van der Waals surface area contributed by atoms with E-state index in [1.54, 1.807) is 12.1 Å². The first-order valence-electron chi connectivity index (χ1n) is 7.19. The maximum Gasteiger partial charge on any atom is 0.167 e. The number of ether oxygens (including phenoxy) is 1. The van der Waals surface area contributed by atoms with Crippen LogP contribution in [0, 0.1) is 5.82 Å². The molecule has 0 N–H and O–H groups in total. The minimum absolute atomic E-state index is 0.256. The molecule has 0 radical (unpaired) electrons. The lowest BCUT2D eigenvalue weighted by molar-refractivity contribution is 0.231. The van der Waals surface area contributed by atoms with Gasteiger partial charge in [-0.05, 0) is 38.4 Å². The number of hydrogen-bond acceptors (Lipinski definition) is 3. The second kappa shape index (κ2) is 5.37. The summed E-state index contributed by atoms with van der Waals surface area (Å²) < 4.78 is 19.1. The van der Waals surface area contributed by atoms with Gasteiger partial charge in [0.05, 0.1) is 6.61 Å². The number of benzene rings is 1. The fourth-order valence-corrected chi connectivity index (χ4v) is 3.18. The van der Waals surface area contributed by atoms with E-state index in [-0.39, 0.29) is 5.82 Å². The monoisotopic (exact) mass is 264 g/mol. The molecule has 3 rings (SSSR count). The van der Waals surface area contributed by atoms with Gasteiger partial charge < -0.3 is 9.64 Å². The normalized spacial score (nSPS) is 23.5. The number of rotatable bonds is 3. The Morgan fingerprint density at radius 2 is 2.21 bits per heavy atom. The number of nitrogens with zero attached hydrogens (tertiary/aromatic N) is 2. The quantitative estimate of drug-likeness (QED) is 0.834. The van der Waals surface area contributed by atoms with Crippen LogP contribution in [0.15, 0.2) is 18.2 Å². The first-order chi connectivity index (χ1) is 9.28. The summed E-state index contributed by atoms with van der Waals surface area (Å²) >= 11 is 0. The number of halogens is 1. The van der Waals surface area contributed by atoms with E-state index in [0.29, 0.717) is 18.4 Å². The molecule has 1 unspecified atom stereocenters. The minimum atomic E-state index is -0.256. The van der Waals surface area contributed by atoms with Gasteiger partial charge in [0.1, 0.15) is 0 Å². The number of piperazine rings is 1. The Balaban J connectivity index is 1.73. The van der Waals surface area contributed by atoms with Crippen LogP contribution in [-0.4, -0.2) is 43.7 Å². The molecule has 0 aliphatic carbocycles. The summed E-state index contributed by atoms with van der Waals surface area (Å²) in [5, 5.41) is 0. The van der Waals surface area contributed by atoms with Crippen LogP contribution in [0.25, 0.3) is 0 Å². The second-order valence-electron chi connectivity index (χ2n) is 5.33. The molecule has 104 valence electrons. The lowest BCUT2D eigenvalue weighted by Crippen LogP contribution is -2.50. The van der Waals surface area contributed by atoms with Crippen molar-refractivity contribution in [2.45, 2.75) is 25.8 Å².